The van der Waals surface area contributed by atoms with Gasteiger partial charge in [0.25, 0.3) is 0 Å². The van der Waals surface area contributed by atoms with Gasteiger partial charge < -0.3 is 14.2 Å². The van der Waals surface area contributed by atoms with Gasteiger partial charge in [0.05, 0.1) is 16.9 Å². The first-order valence-electron chi connectivity index (χ1n) is 8.87. The van der Waals surface area contributed by atoms with Crippen molar-refractivity contribution in [2.24, 2.45) is 0 Å². The van der Waals surface area contributed by atoms with Crippen molar-refractivity contribution in [2.75, 3.05) is 13.7 Å². The van der Waals surface area contributed by atoms with Crippen molar-refractivity contribution in [1.29, 1.82) is 0 Å². The van der Waals surface area contributed by atoms with E-state index in [9.17, 15) is 48.0 Å². The number of amides is 1. The summed E-state index contributed by atoms with van der Waals surface area (Å²) in [6.07, 6.45) is -5.10. The highest BCUT2D eigenvalue weighted by atomic mass is 32.2. The van der Waals surface area contributed by atoms with Crippen LogP contribution in [-0.4, -0.2) is 48.1 Å². The molecule has 0 aliphatic rings. The number of hydrogen-bond acceptors (Lipinski definition) is 7. The zero-order valence-corrected chi connectivity index (χ0v) is 18.5. The van der Waals surface area contributed by atoms with Crippen LogP contribution in [0.15, 0.2) is 52.3 Å². The first-order valence-corrected chi connectivity index (χ1v) is 11.8. The molecule has 0 saturated carbocycles. The van der Waals surface area contributed by atoms with Gasteiger partial charge >= 0.3 is 27.7 Å². The van der Waals surface area contributed by atoms with Gasteiger partial charge in [0, 0.05) is 12.6 Å². The second-order valence-corrected chi connectivity index (χ2v) is 9.93. The minimum Gasteiger partial charge on any atom is -0.493 e. The number of sulfone groups is 1. The monoisotopic (exact) mass is 535 g/mol. The first-order chi connectivity index (χ1) is 15.5. The van der Waals surface area contributed by atoms with Crippen molar-refractivity contribution < 1.29 is 56.9 Å². The highest BCUT2D eigenvalue weighted by molar-refractivity contribution is 7.91. The predicted octanol–water partition coefficient (Wildman–Crippen LogP) is 2.98. The summed E-state index contributed by atoms with van der Waals surface area (Å²) in [4.78, 5) is 9.80. The quantitative estimate of drug-likeness (QED) is 0.314. The largest absolute Gasteiger partial charge is 0.534 e. The third-order valence-electron chi connectivity index (χ3n) is 4.12. The van der Waals surface area contributed by atoms with Gasteiger partial charge in [-0.3, -0.25) is 4.79 Å². The minimum atomic E-state index is -6.12. The van der Waals surface area contributed by atoms with Crippen LogP contribution in [0.5, 0.6) is 11.5 Å². The Balaban J connectivity index is 2.26. The summed E-state index contributed by atoms with van der Waals surface area (Å²) in [5.74, 6) is -3.63. The van der Waals surface area contributed by atoms with Crippen LogP contribution in [0.4, 0.5) is 26.3 Å². The molecule has 1 N–H and O–H groups in total. The molecule has 0 heterocycles. The Hall–Kier alpha value is -3.01. The molecule has 188 valence electrons. The zero-order chi connectivity index (χ0) is 25.9. The van der Waals surface area contributed by atoms with Crippen LogP contribution >= 0.6 is 0 Å². The summed E-state index contributed by atoms with van der Waals surface area (Å²) < 4.78 is 131. The molecule has 16 heteroatoms. The molecular weight excluding hydrogens is 520 g/mol. The maximum Gasteiger partial charge on any atom is 0.534 e. The van der Waals surface area contributed by atoms with Crippen molar-refractivity contribution in [3.63, 3.8) is 0 Å². The lowest BCUT2D eigenvalue weighted by Gasteiger charge is -2.14. The molecular formula is C18H15F6NO7S2. The number of benzene rings is 2. The number of methoxy groups -OCH3 is 1. The van der Waals surface area contributed by atoms with Gasteiger partial charge in [-0.25, -0.2) is 8.42 Å². The fourth-order valence-electron chi connectivity index (χ4n) is 2.45. The van der Waals surface area contributed by atoms with Gasteiger partial charge in [-0.1, -0.05) is 12.1 Å². The fourth-order valence-corrected chi connectivity index (χ4v) is 4.18. The molecule has 0 bridgehead atoms. The molecule has 0 radical (unpaired) electrons. The molecule has 0 fully saturated rings. The lowest BCUT2D eigenvalue weighted by atomic mass is 10.1. The highest BCUT2D eigenvalue weighted by Crippen LogP contribution is 2.36. The van der Waals surface area contributed by atoms with Crippen LogP contribution in [-0.2, 0) is 31.2 Å². The zero-order valence-electron chi connectivity index (χ0n) is 16.9. The number of nitrogens with one attached hydrogen (secondary N) is 1. The van der Waals surface area contributed by atoms with Crippen LogP contribution in [0.25, 0.3) is 0 Å². The molecule has 1 amide bonds. The van der Waals surface area contributed by atoms with Gasteiger partial charge in [0.2, 0.25) is 9.84 Å². The number of ether oxygens (including phenoxy) is 1. The maximum absolute atomic E-state index is 12.8. The van der Waals surface area contributed by atoms with Crippen molar-refractivity contribution in [2.45, 2.75) is 27.9 Å². The van der Waals surface area contributed by atoms with Gasteiger partial charge in [-0.15, -0.1) is 0 Å². The average Bonchev–Trinajstić information content (AvgIpc) is 2.72. The van der Waals surface area contributed by atoms with Crippen molar-refractivity contribution in [3.8, 4) is 11.5 Å². The predicted molar refractivity (Wildman–Crippen MR) is 103 cm³/mol. The Morgan fingerprint density at radius 1 is 0.882 bits per heavy atom. The highest BCUT2D eigenvalue weighted by Gasteiger charge is 2.49. The summed E-state index contributed by atoms with van der Waals surface area (Å²) in [7, 11) is -9.50. The first kappa shape index (κ1) is 27.2. The smallest absolute Gasteiger partial charge is 0.493 e. The van der Waals surface area contributed by atoms with E-state index in [1.807, 2.05) is 0 Å². The minimum absolute atomic E-state index is 0.0576. The molecule has 8 nitrogen and oxygen atoms in total. The van der Waals surface area contributed by atoms with Gasteiger partial charge in [-0.2, -0.15) is 34.8 Å². The summed E-state index contributed by atoms with van der Waals surface area (Å²) in [6.45, 7) is -0.378. The second kappa shape index (κ2) is 9.69. The van der Waals surface area contributed by atoms with E-state index in [4.69, 9.17) is 4.74 Å². The standard InChI is InChI=1S/C18H15F6NO7S2/c1-31-14-7-6-13(10-15(14)32-34(29,30)18(22,23)24)33(27,28)12-4-2-11(3-5-12)8-9-25-16(26)17(19,20)21/h2-7,10H,8-9H2,1H3,(H,25,26). The lowest BCUT2D eigenvalue weighted by Crippen LogP contribution is -2.37. The van der Waals surface area contributed by atoms with Gasteiger partial charge in [0.1, 0.15) is 0 Å². The van der Waals surface area contributed by atoms with Crippen LogP contribution in [0, 0.1) is 0 Å². The summed E-state index contributed by atoms with van der Waals surface area (Å²) in [6, 6.07) is 7.04. The molecule has 0 aromatic heterocycles. The molecule has 0 spiro atoms. The van der Waals surface area contributed by atoms with Crippen LogP contribution in [0.1, 0.15) is 5.56 Å². The molecule has 0 atom stereocenters. The van der Waals surface area contributed by atoms with Crippen molar-refractivity contribution in [1.82, 2.24) is 5.32 Å². The van der Waals surface area contributed by atoms with E-state index in [1.54, 1.807) is 5.32 Å². The third kappa shape index (κ3) is 6.31. The second-order valence-electron chi connectivity index (χ2n) is 6.45. The molecule has 0 aliphatic heterocycles. The Labute approximate surface area is 189 Å². The lowest BCUT2D eigenvalue weighted by molar-refractivity contribution is -0.173. The average molecular weight is 535 g/mol. The molecule has 2 aromatic rings. The Morgan fingerprint density at radius 2 is 1.44 bits per heavy atom. The third-order valence-corrected chi connectivity index (χ3v) is 6.85. The number of carbonyl (C=O) groups excluding carboxylic acids is 1. The normalized spacial score (nSPS) is 12.8. The molecule has 2 aromatic carbocycles. The molecule has 34 heavy (non-hydrogen) atoms. The Kier molecular flexibility index (Phi) is 7.77. The number of rotatable bonds is 8. The SMILES string of the molecule is COc1ccc(S(=O)(=O)c2ccc(CCNC(=O)C(F)(F)F)cc2)cc1OS(=O)(=O)C(F)(F)F. The van der Waals surface area contributed by atoms with E-state index in [-0.39, 0.29) is 17.9 Å². The van der Waals surface area contributed by atoms with E-state index in [1.165, 1.54) is 12.1 Å². The van der Waals surface area contributed by atoms with E-state index in [0.29, 0.717) is 11.6 Å². The van der Waals surface area contributed by atoms with Crippen LogP contribution in [0.3, 0.4) is 0 Å². The number of carbonyl (C=O) groups is 1. The fraction of sp³-hybridized carbons (Fsp3) is 0.278. The van der Waals surface area contributed by atoms with Gasteiger partial charge in [0.15, 0.2) is 11.5 Å². The van der Waals surface area contributed by atoms with Crippen molar-refractivity contribution in [3.05, 3.63) is 48.0 Å². The Bertz CT molecular complexity index is 1260. The van der Waals surface area contributed by atoms with Crippen LogP contribution < -0.4 is 14.2 Å². The summed E-state index contributed by atoms with van der Waals surface area (Å²) in [5.41, 5.74) is -5.40. The maximum atomic E-state index is 12.8. The number of alkyl halides is 6. The molecule has 0 unspecified atom stereocenters. The molecule has 0 saturated heterocycles. The van der Waals surface area contributed by atoms with E-state index in [0.717, 1.165) is 31.4 Å². The summed E-state index contributed by atoms with van der Waals surface area (Å²) >= 11 is 0. The van der Waals surface area contributed by atoms with E-state index < -0.39 is 53.9 Å². The molecule has 2 rings (SSSR count). The van der Waals surface area contributed by atoms with Crippen LogP contribution in [0.2, 0.25) is 0 Å². The van der Waals surface area contributed by atoms with Gasteiger partial charge in [-0.05, 0) is 36.2 Å². The Morgan fingerprint density at radius 3 is 1.94 bits per heavy atom. The number of hydrogen-bond donors (Lipinski definition) is 1. The van der Waals surface area contributed by atoms with Crippen molar-refractivity contribution >= 4 is 25.9 Å². The van der Waals surface area contributed by atoms with E-state index in [2.05, 4.69) is 4.18 Å². The topological polar surface area (TPSA) is 116 Å². The number of halogens is 6. The summed E-state index contributed by atoms with van der Waals surface area (Å²) in [5, 5.41) is 1.65. The van der Waals surface area contributed by atoms with E-state index >= 15 is 0 Å². The molecule has 0 aliphatic carbocycles.